The number of carbonyl (C=O) groups excluding carboxylic acids is 3. The highest BCUT2D eigenvalue weighted by Crippen LogP contribution is 2.69. The lowest BCUT2D eigenvalue weighted by Crippen LogP contribution is -2.43. The van der Waals surface area contributed by atoms with Crippen molar-refractivity contribution in [1.29, 1.82) is 0 Å². The first kappa shape index (κ1) is 28.3. The molecular formula is C36H29N3O4S3. The monoisotopic (exact) mass is 663 g/mol. The van der Waals surface area contributed by atoms with Gasteiger partial charge in [0.2, 0.25) is 17.7 Å². The molecule has 2 aromatic heterocycles. The molecule has 2 aliphatic heterocycles. The number of aromatic nitrogens is 1. The van der Waals surface area contributed by atoms with Crippen LogP contribution in [-0.2, 0) is 20.9 Å². The van der Waals surface area contributed by atoms with Crippen LogP contribution in [-0.4, -0.2) is 27.5 Å². The molecule has 5 aromatic rings. The molecule has 9 rings (SSSR count). The number of thioether (sulfide) groups is 1. The Bertz CT molecular complexity index is 2120. The molecule has 3 aromatic carbocycles. The Morgan fingerprint density at radius 2 is 1.65 bits per heavy atom. The van der Waals surface area contributed by atoms with Crippen LogP contribution < -0.4 is 15.1 Å². The Balaban J connectivity index is 1.06. The van der Waals surface area contributed by atoms with Crippen LogP contribution in [0.5, 0.6) is 0 Å². The first-order valence-electron chi connectivity index (χ1n) is 15.5. The van der Waals surface area contributed by atoms with E-state index in [9.17, 15) is 19.2 Å². The number of hydrogen-bond acceptors (Lipinski definition) is 7. The second kappa shape index (κ2) is 10.5. The number of carbonyl (C=O) groups is 3. The maximum atomic E-state index is 14.0. The van der Waals surface area contributed by atoms with Gasteiger partial charge in [-0.15, -0.1) is 23.1 Å². The Morgan fingerprint density at radius 1 is 0.891 bits per heavy atom. The summed E-state index contributed by atoms with van der Waals surface area (Å²) in [6, 6.07) is 25.5. The number of aryl methyl sites for hydroxylation is 1. The number of nitrogens with zero attached hydrogens (tertiary/aromatic N) is 2. The van der Waals surface area contributed by atoms with Gasteiger partial charge in [-0.05, 0) is 77.6 Å². The molecule has 2 bridgehead atoms. The Hall–Kier alpha value is -3.99. The molecule has 4 aliphatic rings. The molecule has 2 saturated carbocycles. The van der Waals surface area contributed by atoms with E-state index in [0.717, 1.165) is 32.7 Å². The number of hydrogen-bond donors (Lipinski definition) is 1. The van der Waals surface area contributed by atoms with Crippen LogP contribution in [0.25, 0.3) is 10.8 Å². The van der Waals surface area contributed by atoms with Crippen molar-refractivity contribution in [3.63, 3.8) is 0 Å². The van der Waals surface area contributed by atoms with E-state index in [0.29, 0.717) is 11.4 Å². The molecule has 7 unspecified atom stereocenters. The van der Waals surface area contributed by atoms with Gasteiger partial charge in [0, 0.05) is 26.6 Å². The predicted molar refractivity (Wildman–Crippen MR) is 183 cm³/mol. The quantitative estimate of drug-likeness (QED) is 0.210. The molecule has 46 heavy (non-hydrogen) atoms. The van der Waals surface area contributed by atoms with Gasteiger partial charge in [0.15, 0.2) is 0 Å². The minimum Gasteiger partial charge on any atom is -0.325 e. The summed E-state index contributed by atoms with van der Waals surface area (Å²) < 4.78 is 1.63. The highest BCUT2D eigenvalue weighted by molar-refractivity contribution is 8.00. The minimum atomic E-state index is -0.354. The third-order valence-corrected chi connectivity index (χ3v) is 14.2. The molecule has 7 nitrogen and oxygen atoms in total. The molecule has 230 valence electrons. The molecule has 3 fully saturated rings. The maximum absolute atomic E-state index is 14.0. The lowest BCUT2D eigenvalue weighted by Gasteiger charge is -2.42. The van der Waals surface area contributed by atoms with E-state index in [2.05, 4.69) is 16.8 Å². The molecule has 4 heterocycles. The number of rotatable bonds is 5. The second-order valence-corrected chi connectivity index (χ2v) is 16.0. The topological polar surface area (TPSA) is 88.5 Å². The minimum absolute atomic E-state index is 0.0300. The van der Waals surface area contributed by atoms with E-state index in [1.165, 1.54) is 21.1 Å². The highest BCUT2D eigenvalue weighted by Gasteiger charge is 2.70. The second-order valence-electron chi connectivity index (χ2n) is 12.8. The first-order chi connectivity index (χ1) is 22.4. The number of amides is 3. The zero-order chi connectivity index (χ0) is 31.3. The van der Waals surface area contributed by atoms with E-state index in [1.54, 1.807) is 27.7 Å². The van der Waals surface area contributed by atoms with Crippen LogP contribution in [0.3, 0.4) is 0 Å². The number of benzene rings is 3. The molecule has 0 spiro atoms. The lowest BCUT2D eigenvalue weighted by molar-refractivity contribution is -0.123. The van der Waals surface area contributed by atoms with Gasteiger partial charge in [-0.1, -0.05) is 65.4 Å². The lowest BCUT2D eigenvalue weighted by atomic mass is 9.69. The van der Waals surface area contributed by atoms with Crippen molar-refractivity contribution in [2.45, 2.75) is 36.1 Å². The van der Waals surface area contributed by atoms with Gasteiger partial charge in [-0.25, -0.2) is 0 Å². The van der Waals surface area contributed by atoms with Crippen LogP contribution in [0.4, 0.5) is 11.4 Å². The molecule has 7 atom stereocenters. The number of fused-ring (bicyclic) bond motifs is 10. The van der Waals surface area contributed by atoms with Crippen molar-refractivity contribution in [3.8, 4) is 0 Å². The summed E-state index contributed by atoms with van der Waals surface area (Å²) in [4.78, 5) is 58.3. The molecular weight excluding hydrogens is 635 g/mol. The zero-order valence-corrected chi connectivity index (χ0v) is 27.2. The summed E-state index contributed by atoms with van der Waals surface area (Å²) in [6.07, 6.45) is 0.834. The van der Waals surface area contributed by atoms with Crippen molar-refractivity contribution in [1.82, 2.24) is 4.57 Å². The third kappa shape index (κ3) is 4.16. The van der Waals surface area contributed by atoms with Crippen LogP contribution in [0.2, 0.25) is 0 Å². The highest BCUT2D eigenvalue weighted by atomic mass is 32.2. The molecule has 3 amide bonds. The van der Waals surface area contributed by atoms with Crippen LogP contribution in [0.1, 0.15) is 27.7 Å². The fourth-order valence-electron chi connectivity index (χ4n) is 8.60. The first-order valence-corrected chi connectivity index (χ1v) is 18.1. The summed E-state index contributed by atoms with van der Waals surface area (Å²) in [5.74, 6) is -0.950. The maximum Gasteiger partial charge on any atom is 0.308 e. The van der Waals surface area contributed by atoms with Crippen molar-refractivity contribution < 1.29 is 14.4 Å². The SMILES string of the molecule is Cc1ccc(N2C(=O)C3C4CC(C3C2=O)C2C(c3cccs3)c3sc(=O)n(CC(=O)Nc5ccc6ccccc6c5)c3SC42)cc1. The number of anilines is 2. The van der Waals surface area contributed by atoms with Crippen molar-refractivity contribution in [2.24, 2.45) is 29.6 Å². The Morgan fingerprint density at radius 3 is 2.41 bits per heavy atom. The van der Waals surface area contributed by atoms with E-state index in [4.69, 9.17) is 0 Å². The van der Waals surface area contributed by atoms with Crippen molar-refractivity contribution >= 4 is 74.3 Å². The predicted octanol–water partition coefficient (Wildman–Crippen LogP) is 6.75. The van der Waals surface area contributed by atoms with Crippen molar-refractivity contribution in [3.05, 3.63) is 109 Å². The van der Waals surface area contributed by atoms with Gasteiger partial charge in [0.05, 0.1) is 22.5 Å². The summed E-state index contributed by atoms with van der Waals surface area (Å²) in [7, 11) is 0. The van der Waals surface area contributed by atoms with Gasteiger partial charge >= 0.3 is 4.87 Å². The van der Waals surface area contributed by atoms with Crippen molar-refractivity contribution in [2.75, 3.05) is 10.2 Å². The smallest absolute Gasteiger partial charge is 0.308 e. The number of thiazole rings is 1. The number of nitrogens with one attached hydrogen (secondary N) is 1. The summed E-state index contributed by atoms with van der Waals surface area (Å²) in [5, 5.41) is 8.08. The molecule has 1 saturated heterocycles. The normalized spacial score (nSPS) is 27.6. The van der Waals surface area contributed by atoms with Gasteiger partial charge in [0.1, 0.15) is 6.54 Å². The summed E-state index contributed by atoms with van der Waals surface area (Å²) in [6.45, 7) is 1.90. The fourth-order valence-corrected chi connectivity index (χ4v) is 12.7. The number of imide groups is 1. The van der Waals surface area contributed by atoms with Crippen LogP contribution in [0.15, 0.2) is 94.1 Å². The zero-order valence-electron chi connectivity index (χ0n) is 24.8. The van der Waals surface area contributed by atoms with E-state index < -0.39 is 0 Å². The van der Waals surface area contributed by atoms with Crippen LogP contribution >= 0.6 is 34.4 Å². The largest absolute Gasteiger partial charge is 0.325 e. The fraction of sp³-hybridized carbons (Fsp3) is 0.278. The molecule has 1 N–H and O–H groups in total. The molecule has 0 radical (unpaired) electrons. The van der Waals surface area contributed by atoms with Gasteiger partial charge in [0.25, 0.3) is 0 Å². The average molecular weight is 664 g/mol. The molecule has 2 aliphatic carbocycles. The average Bonchev–Trinajstić information content (AvgIpc) is 3.87. The van der Waals surface area contributed by atoms with E-state index >= 15 is 0 Å². The number of thiophene rings is 1. The van der Waals surface area contributed by atoms with Gasteiger partial charge < -0.3 is 5.32 Å². The third-order valence-electron chi connectivity index (χ3n) is 10.4. The Labute approximate surface area is 277 Å². The van der Waals surface area contributed by atoms with E-state index in [1.807, 2.05) is 79.7 Å². The van der Waals surface area contributed by atoms with Gasteiger partial charge in [-0.2, -0.15) is 0 Å². The summed E-state index contributed by atoms with van der Waals surface area (Å²) in [5.41, 5.74) is 2.41. The van der Waals surface area contributed by atoms with Crippen LogP contribution in [0, 0.1) is 36.5 Å². The van der Waals surface area contributed by atoms with Gasteiger partial charge in [-0.3, -0.25) is 28.6 Å². The Kier molecular flexibility index (Phi) is 6.46. The molecule has 10 heteroatoms. The standard InChI is InChI=1S/C36H29N3O4S3/c1-18-8-12-22(13-9-18)39-33(41)28-23-16-24(29(28)34(39)42)31-27(23)30(25-7-4-14-44-25)32-35(45-31)38(36(43)46-32)17-26(40)37-21-11-10-19-5-2-3-6-20(19)15-21/h2-15,23-24,27-31H,16-17H2,1H3,(H,37,40). The van der Waals surface area contributed by atoms with E-state index in [-0.39, 0.29) is 69.9 Å². The summed E-state index contributed by atoms with van der Waals surface area (Å²) >= 11 is 4.55.